The second-order valence-electron chi connectivity index (χ2n) is 7.73. The summed E-state index contributed by atoms with van der Waals surface area (Å²) in [5, 5.41) is 0. The number of benzene rings is 1. The highest BCUT2D eigenvalue weighted by atomic mass is 19.1. The molecule has 6 heteroatoms. The molecule has 2 aliphatic heterocycles. The van der Waals surface area contributed by atoms with Crippen LogP contribution in [0.3, 0.4) is 0 Å². The molecule has 0 unspecified atom stereocenters. The molecule has 0 amide bonds. The van der Waals surface area contributed by atoms with Gasteiger partial charge in [0.25, 0.3) is 0 Å². The smallest absolute Gasteiger partial charge is 0.146 e. The molecule has 0 N–H and O–H groups in total. The van der Waals surface area contributed by atoms with Crippen molar-refractivity contribution in [3.05, 3.63) is 42.0 Å². The minimum atomic E-state index is -0.148. The highest BCUT2D eigenvalue weighted by Gasteiger charge is 2.23. The van der Waals surface area contributed by atoms with Crippen molar-refractivity contribution in [2.24, 2.45) is 5.92 Å². The van der Waals surface area contributed by atoms with E-state index in [0.717, 1.165) is 62.6 Å². The number of nitrogens with zero attached hydrogens (tertiary/aromatic N) is 5. The Labute approximate surface area is 160 Å². The average molecular weight is 369 g/mol. The van der Waals surface area contributed by atoms with Gasteiger partial charge in [0.15, 0.2) is 0 Å². The SMILES string of the molecule is Cc1nc(N2CCC(C)CC2)cc(N2CCN(c3ccccc3F)CC2)n1. The lowest BCUT2D eigenvalue weighted by atomic mass is 9.99. The van der Waals surface area contributed by atoms with Gasteiger partial charge in [-0.2, -0.15) is 0 Å². The summed E-state index contributed by atoms with van der Waals surface area (Å²) >= 11 is 0. The van der Waals surface area contributed by atoms with Crippen molar-refractivity contribution < 1.29 is 4.39 Å². The number of piperidine rings is 1. The standard InChI is InChI=1S/C21H28FN5/c1-16-7-9-26(10-8-16)20-15-21(24-17(2)23-20)27-13-11-25(12-14-27)19-6-4-3-5-18(19)22/h3-6,15-16H,7-14H2,1-2H3. The predicted octanol–water partition coefficient (Wildman–Crippen LogP) is 3.49. The first-order valence-electron chi connectivity index (χ1n) is 9.95. The van der Waals surface area contributed by atoms with Crippen LogP contribution in [0.25, 0.3) is 0 Å². The van der Waals surface area contributed by atoms with Gasteiger partial charge in [-0.1, -0.05) is 19.1 Å². The Bertz CT molecular complexity index is 780. The molecule has 27 heavy (non-hydrogen) atoms. The fourth-order valence-electron chi connectivity index (χ4n) is 3.98. The molecule has 1 aromatic carbocycles. The van der Waals surface area contributed by atoms with Crippen LogP contribution in [0.1, 0.15) is 25.6 Å². The quantitative estimate of drug-likeness (QED) is 0.828. The Morgan fingerprint density at radius 2 is 1.41 bits per heavy atom. The van der Waals surface area contributed by atoms with E-state index < -0.39 is 0 Å². The zero-order valence-corrected chi connectivity index (χ0v) is 16.2. The summed E-state index contributed by atoms with van der Waals surface area (Å²) in [6.45, 7) is 9.68. The number of piperazine rings is 1. The lowest BCUT2D eigenvalue weighted by Gasteiger charge is -2.37. The molecule has 2 fully saturated rings. The molecule has 2 saturated heterocycles. The fourth-order valence-corrected chi connectivity index (χ4v) is 3.98. The lowest BCUT2D eigenvalue weighted by molar-refractivity contribution is 0.436. The van der Waals surface area contributed by atoms with E-state index in [0.29, 0.717) is 5.69 Å². The first kappa shape index (κ1) is 18.0. The van der Waals surface area contributed by atoms with E-state index in [1.54, 1.807) is 6.07 Å². The average Bonchev–Trinajstić information content (AvgIpc) is 2.69. The number of aryl methyl sites for hydroxylation is 1. The van der Waals surface area contributed by atoms with Crippen LogP contribution in [0.4, 0.5) is 21.7 Å². The maximum absolute atomic E-state index is 14.1. The van der Waals surface area contributed by atoms with Crippen LogP contribution in [-0.2, 0) is 0 Å². The lowest BCUT2D eigenvalue weighted by Crippen LogP contribution is -2.47. The van der Waals surface area contributed by atoms with Crippen LogP contribution >= 0.6 is 0 Å². The molecule has 2 aromatic rings. The second-order valence-corrected chi connectivity index (χ2v) is 7.73. The minimum absolute atomic E-state index is 0.148. The molecule has 4 rings (SSSR count). The third kappa shape index (κ3) is 3.99. The third-order valence-electron chi connectivity index (χ3n) is 5.72. The van der Waals surface area contributed by atoms with Crippen molar-refractivity contribution in [2.75, 3.05) is 54.0 Å². The molecular weight excluding hydrogens is 341 g/mol. The molecule has 0 saturated carbocycles. The highest BCUT2D eigenvalue weighted by Crippen LogP contribution is 2.26. The van der Waals surface area contributed by atoms with Gasteiger partial charge in [-0.3, -0.25) is 0 Å². The van der Waals surface area contributed by atoms with Crippen LogP contribution in [0.2, 0.25) is 0 Å². The van der Waals surface area contributed by atoms with Gasteiger partial charge in [0.2, 0.25) is 0 Å². The van der Waals surface area contributed by atoms with Crippen molar-refractivity contribution in [2.45, 2.75) is 26.7 Å². The minimum Gasteiger partial charge on any atom is -0.366 e. The summed E-state index contributed by atoms with van der Waals surface area (Å²) in [5.41, 5.74) is 0.694. The Kier molecular flexibility index (Phi) is 5.14. The van der Waals surface area contributed by atoms with Gasteiger partial charge >= 0.3 is 0 Å². The number of para-hydroxylation sites is 1. The zero-order valence-electron chi connectivity index (χ0n) is 16.2. The van der Waals surface area contributed by atoms with Crippen molar-refractivity contribution in [1.82, 2.24) is 9.97 Å². The Morgan fingerprint density at radius 1 is 0.852 bits per heavy atom. The van der Waals surface area contributed by atoms with Gasteiger partial charge in [0.05, 0.1) is 5.69 Å². The van der Waals surface area contributed by atoms with Crippen LogP contribution < -0.4 is 14.7 Å². The van der Waals surface area contributed by atoms with E-state index in [1.807, 2.05) is 19.1 Å². The Hall–Kier alpha value is -2.37. The maximum Gasteiger partial charge on any atom is 0.146 e. The van der Waals surface area contributed by atoms with Gasteiger partial charge < -0.3 is 14.7 Å². The number of hydrogen-bond donors (Lipinski definition) is 0. The van der Waals surface area contributed by atoms with Crippen molar-refractivity contribution in [1.29, 1.82) is 0 Å². The maximum atomic E-state index is 14.1. The van der Waals surface area contributed by atoms with Gasteiger partial charge in [-0.05, 0) is 37.8 Å². The van der Waals surface area contributed by atoms with Crippen molar-refractivity contribution >= 4 is 17.3 Å². The first-order valence-corrected chi connectivity index (χ1v) is 9.95. The van der Waals surface area contributed by atoms with E-state index in [-0.39, 0.29) is 5.82 Å². The van der Waals surface area contributed by atoms with E-state index >= 15 is 0 Å². The molecule has 144 valence electrons. The number of hydrogen-bond acceptors (Lipinski definition) is 5. The number of halogens is 1. The van der Waals surface area contributed by atoms with E-state index in [4.69, 9.17) is 0 Å². The zero-order chi connectivity index (χ0) is 18.8. The van der Waals surface area contributed by atoms with E-state index in [1.165, 1.54) is 18.9 Å². The predicted molar refractivity (Wildman–Crippen MR) is 108 cm³/mol. The molecule has 1 aromatic heterocycles. The topological polar surface area (TPSA) is 35.5 Å². The third-order valence-corrected chi connectivity index (χ3v) is 5.72. The second kappa shape index (κ2) is 7.71. The van der Waals surface area contributed by atoms with Crippen molar-refractivity contribution in [3.63, 3.8) is 0 Å². The summed E-state index contributed by atoms with van der Waals surface area (Å²) in [6, 6.07) is 9.14. The summed E-state index contributed by atoms with van der Waals surface area (Å²) in [5.74, 6) is 3.50. The first-order chi connectivity index (χ1) is 13.1. The molecular formula is C21H28FN5. The summed E-state index contributed by atoms with van der Waals surface area (Å²) in [4.78, 5) is 16.2. The Balaban J connectivity index is 1.46. The van der Waals surface area contributed by atoms with E-state index in [9.17, 15) is 4.39 Å². The fraction of sp³-hybridized carbons (Fsp3) is 0.524. The van der Waals surface area contributed by atoms with Gasteiger partial charge in [-0.15, -0.1) is 0 Å². The number of aromatic nitrogens is 2. The van der Waals surface area contributed by atoms with Crippen LogP contribution in [0.15, 0.2) is 30.3 Å². The monoisotopic (exact) mass is 369 g/mol. The van der Waals surface area contributed by atoms with Gasteiger partial charge in [0.1, 0.15) is 23.3 Å². The normalized spacial score (nSPS) is 18.9. The molecule has 0 bridgehead atoms. The molecule has 0 spiro atoms. The summed E-state index contributed by atoms with van der Waals surface area (Å²) in [6.07, 6.45) is 2.44. The van der Waals surface area contributed by atoms with E-state index in [2.05, 4.69) is 37.7 Å². The molecule has 0 radical (unpaired) electrons. The molecule has 2 aliphatic rings. The molecule has 0 atom stereocenters. The molecule has 5 nitrogen and oxygen atoms in total. The van der Waals surface area contributed by atoms with Crippen molar-refractivity contribution in [3.8, 4) is 0 Å². The summed E-state index contributed by atoms with van der Waals surface area (Å²) in [7, 11) is 0. The number of anilines is 3. The van der Waals surface area contributed by atoms with Crippen LogP contribution in [0.5, 0.6) is 0 Å². The van der Waals surface area contributed by atoms with Gasteiger partial charge in [-0.25, -0.2) is 14.4 Å². The Morgan fingerprint density at radius 3 is 2.04 bits per heavy atom. The largest absolute Gasteiger partial charge is 0.366 e. The van der Waals surface area contributed by atoms with Gasteiger partial charge in [0, 0.05) is 45.3 Å². The van der Waals surface area contributed by atoms with Crippen LogP contribution in [0, 0.1) is 18.7 Å². The number of rotatable bonds is 3. The molecule has 0 aliphatic carbocycles. The highest BCUT2D eigenvalue weighted by molar-refractivity contribution is 5.54. The van der Waals surface area contributed by atoms with Crippen LogP contribution in [-0.4, -0.2) is 49.2 Å². The molecule has 3 heterocycles. The summed E-state index contributed by atoms with van der Waals surface area (Å²) < 4.78 is 14.1.